The van der Waals surface area contributed by atoms with E-state index in [1.165, 1.54) is 17.0 Å². The Hall–Kier alpha value is -1.98. The maximum atomic E-state index is 13.6. The molecule has 2 rings (SSSR count). The smallest absolute Gasteiger partial charge is 0.303 e. The molecule has 4 nitrogen and oxygen atoms in total. The third-order valence-corrected chi connectivity index (χ3v) is 3.73. The number of benzene rings is 1. The highest BCUT2D eigenvalue weighted by Crippen LogP contribution is 2.49. The molecule has 21 heavy (non-hydrogen) atoms. The summed E-state index contributed by atoms with van der Waals surface area (Å²) < 4.78 is 26.5. The third kappa shape index (κ3) is 3.77. The van der Waals surface area contributed by atoms with Crippen molar-refractivity contribution in [1.29, 1.82) is 0 Å². The highest BCUT2D eigenvalue weighted by Gasteiger charge is 2.46. The monoisotopic (exact) mass is 297 g/mol. The summed E-state index contributed by atoms with van der Waals surface area (Å²) in [5, 5.41) is 8.55. The van der Waals surface area contributed by atoms with Crippen molar-refractivity contribution < 1.29 is 23.5 Å². The van der Waals surface area contributed by atoms with Gasteiger partial charge in [0.1, 0.15) is 11.6 Å². The van der Waals surface area contributed by atoms with Gasteiger partial charge in [-0.1, -0.05) is 6.07 Å². The van der Waals surface area contributed by atoms with Crippen LogP contribution in [0.15, 0.2) is 18.2 Å². The number of rotatable bonds is 6. The molecule has 1 fully saturated rings. The summed E-state index contributed by atoms with van der Waals surface area (Å²) in [7, 11) is 1.61. The van der Waals surface area contributed by atoms with Crippen molar-refractivity contribution >= 4 is 11.9 Å². The van der Waals surface area contributed by atoms with E-state index in [1.54, 1.807) is 7.05 Å². The number of carbonyl (C=O) groups excluding carboxylic acids is 1. The molecule has 0 saturated heterocycles. The number of halogens is 2. The first-order valence-corrected chi connectivity index (χ1v) is 6.82. The summed E-state index contributed by atoms with van der Waals surface area (Å²) in [6, 6.07) is 3.40. The van der Waals surface area contributed by atoms with E-state index >= 15 is 0 Å². The Morgan fingerprint density at radius 1 is 1.38 bits per heavy atom. The van der Waals surface area contributed by atoms with E-state index in [-0.39, 0.29) is 24.2 Å². The molecule has 0 bridgehead atoms. The zero-order chi connectivity index (χ0) is 15.6. The van der Waals surface area contributed by atoms with E-state index in [1.807, 2.05) is 0 Å². The lowest BCUT2D eigenvalue weighted by atomic mass is 10.1. The fourth-order valence-electron chi connectivity index (χ4n) is 2.47. The topological polar surface area (TPSA) is 57.6 Å². The van der Waals surface area contributed by atoms with Gasteiger partial charge >= 0.3 is 5.97 Å². The standard InChI is InChI=1S/C15H17F2NO3/c1-18(6-2-3-14(19)20)15(21)12-8-11(12)10-5-4-9(16)7-13(10)17/h4-5,7,11-12H,2-3,6,8H2,1H3,(H,19,20). The molecule has 0 spiro atoms. The van der Waals surface area contributed by atoms with Crippen LogP contribution in [-0.2, 0) is 9.59 Å². The van der Waals surface area contributed by atoms with Gasteiger partial charge in [-0.25, -0.2) is 8.78 Å². The van der Waals surface area contributed by atoms with Gasteiger partial charge in [0, 0.05) is 32.0 Å². The first kappa shape index (κ1) is 15.4. The number of hydrogen-bond acceptors (Lipinski definition) is 2. The largest absolute Gasteiger partial charge is 0.481 e. The molecule has 1 aliphatic carbocycles. The van der Waals surface area contributed by atoms with Gasteiger partial charge in [0.05, 0.1) is 0 Å². The predicted octanol–water partition coefficient (Wildman–Crippen LogP) is 2.39. The molecule has 6 heteroatoms. The van der Waals surface area contributed by atoms with Crippen LogP contribution in [0.25, 0.3) is 0 Å². The average Bonchev–Trinajstić information content (AvgIpc) is 3.17. The van der Waals surface area contributed by atoms with Gasteiger partial charge < -0.3 is 10.0 Å². The zero-order valence-electron chi connectivity index (χ0n) is 11.7. The summed E-state index contributed by atoms with van der Waals surface area (Å²) >= 11 is 0. The molecule has 0 radical (unpaired) electrons. The number of carbonyl (C=O) groups is 2. The number of carboxylic acid groups (broad SMARTS) is 1. The lowest BCUT2D eigenvalue weighted by molar-refractivity contribution is -0.138. The van der Waals surface area contributed by atoms with Crippen LogP contribution in [0.1, 0.15) is 30.7 Å². The number of nitrogens with zero attached hydrogens (tertiary/aromatic N) is 1. The first-order valence-electron chi connectivity index (χ1n) is 6.82. The van der Waals surface area contributed by atoms with Gasteiger partial charge in [-0.15, -0.1) is 0 Å². The molecular formula is C15H17F2NO3. The molecule has 0 aliphatic heterocycles. The second-order valence-corrected chi connectivity index (χ2v) is 5.37. The van der Waals surface area contributed by atoms with E-state index in [4.69, 9.17) is 5.11 Å². The highest BCUT2D eigenvalue weighted by atomic mass is 19.1. The fourth-order valence-corrected chi connectivity index (χ4v) is 2.47. The quantitative estimate of drug-likeness (QED) is 0.877. The van der Waals surface area contributed by atoms with Gasteiger partial charge in [0.2, 0.25) is 5.91 Å². The van der Waals surface area contributed by atoms with E-state index in [0.717, 1.165) is 6.07 Å². The summed E-state index contributed by atoms with van der Waals surface area (Å²) in [4.78, 5) is 24.0. The van der Waals surface area contributed by atoms with Crippen LogP contribution in [0.4, 0.5) is 8.78 Å². The Morgan fingerprint density at radius 3 is 2.71 bits per heavy atom. The average molecular weight is 297 g/mol. The van der Waals surface area contributed by atoms with Crippen molar-refractivity contribution in [3.05, 3.63) is 35.4 Å². The zero-order valence-corrected chi connectivity index (χ0v) is 11.7. The van der Waals surface area contributed by atoms with Gasteiger partial charge in [0.25, 0.3) is 0 Å². The molecule has 0 heterocycles. The molecule has 1 aliphatic rings. The Labute approximate surface area is 121 Å². The molecule has 114 valence electrons. The molecule has 0 aromatic heterocycles. The molecule has 2 unspecified atom stereocenters. The molecular weight excluding hydrogens is 280 g/mol. The van der Waals surface area contributed by atoms with Gasteiger partial charge in [0.15, 0.2) is 0 Å². The highest BCUT2D eigenvalue weighted by molar-refractivity contribution is 5.82. The van der Waals surface area contributed by atoms with Gasteiger partial charge in [-0.3, -0.25) is 9.59 Å². The summed E-state index contributed by atoms with van der Waals surface area (Å²) in [6.45, 7) is 0.361. The van der Waals surface area contributed by atoms with Crippen LogP contribution in [0.3, 0.4) is 0 Å². The van der Waals surface area contributed by atoms with Crippen LogP contribution >= 0.6 is 0 Å². The minimum Gasteiger partial charge on any atom is -0.481 e. The number of aliphatic carboxylic acids is 1. The number of hydrogen-bond donors (Lipinski definition) is 1. The number of carboxylic acids is 1. The van der Waals surface area contributed by atoms with Crippen LogP contribution in [0.2, 0.25) is 0 Å². The summed E-state index contributed by atoms with van der Waals surface area (Å²) in [5.74, 6) is -2.77. The van der Waals surface area contributed by atoms with Gasteiger partial charge in [-0.2, -0.15) is 0 Å². The Balaban J connectivity index is 1.90. The van der Waals surface area contributed by atoms with E-state index in [9.17, 15) is 18.4 Å². The third-order valence-electron chi connectivity index (χ3n) is 3.73. The fraction of sp³-hybridized carbons (Fsp3) is 0.467. The van der Waals surface area contributed by atoms with Crippen LogP contribution in [0, 0.1) is 17.6 Å². The Kier molecular flexibility index (Phi) is 4.55. The Bertz CT molecular complexity index is 562. The maximum Gasteiger partial charge on any atom is 0.303 e. The SMILES string of the molecule is CN(CCCC(=O)O)C(=O)C1CC1c1ccc(F)cc1F. The van der Waals surface area contributed by atoms with Crippen molar-refractivity contribution in [2.24, 2.45) is 5.92 Å². The van der Waals surface area contributed by atoms with Gasteiger partial charge in [-0.05, 0) is 30.4 Å². The molecule has 1 amide bonds. The van der Waals surface area contributed by atoms with Crippen LogP contribution in [0.5, 0.6) is 0 Å². The summed E-state index contributed by atoms with van der Waals surface area (Å²) in [6.07, 6.45) is 0.947. The van der Waals surface area contributed by atoms with Crippen LogP contribution < -0.4 is 0 Å². The van der Waals surface area contributed by atoms with Crippen molar-refractivity contribution in [2.75, 3.05) is 13.6 Å². The molecule has 1 aromatic rings. The van der Waals surface area contributed by atoms with Crippen molar-refractivity contribution in [1.82, 2.24) is 4.90 Å². The number of amides is 1. The normalized spacial score (nSPS) is 20.1. The second kappa shape index (κ2) is 6.20. The predicted molar refractivity (Wildman–Crippen MR) is 71.7 cm³/mol. The van der Waals surface area contributed by atoms with E-state index < -0.39 is 17.6 Å². The van der Waals surface area contributed by atoms with Crippen molar-refractivity contribution in [3.63, 3.8) is 0 Å². The molecule has 1 aromatic carbocycles. The summed E-state index contributed by atoms with van der Waals surface area (Å²) in [5.41, 5.74) is 0.369. The minimum absolute atomic E-state index is 0.0122. The Morgan fingerprint density at radius 2 is 2.10 bits per heavy atom. The first-order chi connectivity index (χ1) is 9.90. The maximum absolute atomic E-state index is 13.6. The molecule has 1 N–H and O–H groups in total. The van der Waals surface area contributed by atoms with E-state index in [0.29, 0.717) is 24.9 Å². The lowest BCUT2D eigenvalue weighted by Gasteiger charge is -2.16. The van der Waals surface area contributed by atoms with Crippen molar-refractivity contribution in [2.45, 2.75) is 25.2 Å². The second-order valence-electron chi connectivity index (χ2n) is 5.37. The van der Waals surface area contributed by atoms with E-state index in [2.05, 4.69) is 0 Å². The molecule has 1 saturated carbocycles. The van der Waals surface area contributed by atoms with Crippen LogP contribution in [-0.4, -0.2) is 35.5 Å². The molecule has 2 atom stereocenters. The lowest BCUT2D eigenvalue weighted by Crippen LogP contribution is -2.29. The minimum atomic E-state index is -0.895. The van der Waals surface area contributed by atoms with Crippen molar-refractivity contribution in [3.8, 4) is 0 Å².